The standard InChI is InChI=1S/C11H14N2O4/c1-5-7-10(17-11(3,4)16-7)9(15)8(13-12)6(2)14/h5,7,10H,1H2,2-4H3/t7-,10-/m0/s1. The van der Waals surface area contributed by atoms with E-state index in [0.29, 0.717) is 0 Å². The minimum Gasteiger partial charge on any atom is -0.360 e. The molecule has 0 radical (unpaired) electrons. The summed E-state index contributed by atoms with van der Waals surface area (Å²) in [5, 5.41) is 0. The Morgan fingerprint density at radius 1 is 1.41 bits per heavy atom. The van der Waals surface area contributed by atoms with Crippen molar-refractivity contribution in [2.45, 2.75) is 38.8 Å². The molecule has 0 amide bonds. The van der Waals surface area contributed by atoms with Crippen LogP contribution in [0.4, 0.5) is 0 Å². The Hall–Kier alpha value is -1.62. The van der Waals surface area contributed by atoms with Crippen molar-refractivity contribution in [1.82, 2.24) is 0 Å². The molecule has 0 aromatic heterocycles. The van der Waals surface area contributed by atoms with E-state index in [1.54, 1.807) is 13.8 Å². The largest absolute Gasteiger partial charge is 0.402 e. The Morgan fingerprint density at radius 2 is 2.00 bits per heavy atom. The van der Waals surface area contributed by atoms with Crippen molar-refractivity contribution in [1.29, 1.82) is 0 Å². The van der Waals surface area contributed by atoms with Crippen molar-refractivity contribution in [2.24, 2.45) is 0 Å². The summed E-state index contributed by atoms with van der Waals surface area (Å²) < 4.78 is 10.8. The molecule has 6 nitrogen and oxygen atoms in total. The van der Waals surface area contributed by atoms with Crippen LogP contribution in [-0.2, 0) is 19.1 Å². The molecular weight excluding hydrogens is 224 g/mol. The maximum absolute atomic E-state index is 11.9. The van der Waals surface area contributed by atoms with Gasteiger partial charge >= 0.3 is 5.71 Å². The van der Waals surface area contributed by atoms with Crippen LogP contribution in [0.15, 0.2) is 12.7 Å². The summed E-state index contributed by atoms with van der Waals surface area (Å²) >= 11 is 0. The lowest BCUT2D eigenvalue weighted by Crippen LogP contribution is -2.39. The van der Waals surface area contributed by atoms with E-state index in [-0.39, 0.29) is 0 Å². The Bertz CT molecular complexity index is 421. The van der Waals surface area contributed by atoms with Crippen LogP contribution in [0.5, 0.6) is 0 Å². The van der Waals surface area contributed by atoms with Crippen molar-refractivity contribution in [3.8, 4) is 0 Å². The smallest absolute Gasteiger partial charge is 0.360 e. The van der Waals surface area contributed by atoms with E-state index in [4.69, 9.17) is 15.0 Å². The maximum Gasteiger partial charge on any atom is 0.402 e. The average Bonchev–Trinajstić information content (AvgIpc) is 2.54. The third kappa shape index (κ3) is 2.74. The summed E-state index contributed by atoms with van der Waals surface area (Å²) in [4.78, 5) is 25.7. The summed E-state index contributed by atoms with van der Waals surface area (Å²) in [5.74, 6) is -2.29. The Morgan fingerprint density at radius 3 is 2.41 bits per heavy atom. The van der Waals surface area contributed by atoms with Gasteiger partial charge in [-0.05, 0) is 13.8 Å². The Labute approximate surface area is 98.8 Å². The molecule has 0 saturated carbocycles. The molecule has 0 bridgehead atoms. The van der Waals surface area contributed by atoms with Crippen LogP contribution in [0.25, 0.3) is 5.53 Å². The lowest BCUT2D eigenvalue weighted by Gasteiger charge is -2.15. The van der Waals surface area contributed by atoms with Gasteiger partial charge in [-0.2, -0.15) is 4.79 Å². The third-order valence-corrected chi connectivity index (χ3v) is 2.29. The lowest BCUT2D eigenvalue weighted by atomic mass is 10.0. The zero-order valence-electron chi connectivity index (χ0n) is 9.97. The van der Waals surface area contributed by atoms with E-state index in [1.807, 2.05) is 0 Å². The Balaban J connectivity index is 3.00. The molecule has 1 saturated heterocycles. The van der Waals surface area contributed by atoms with E-state index in [2.05, 4.69) is 11.4 Å². The van der Waals surface area contributed by atoms with Crippen LogP contribution in [0.2, 0.25) is 0 Å². The van der Waals surface area contributed by atoms with Gasteiger partial charge in [-0.15, -0.1) is 6.58 Å². The first kappa shape index (κ1) is 13.4. The predicted octanol–water partition coefficient (Wildman–Crippen LogP) is 0.521. The van der Waals surface area contributed by atoms with E-state index in [9.17, 15) is 9.59 Å². The van der Waals surface area contributed by atoms with Crippen molar-refractivity contribution >= 4 is 17.3 Å². The molecule has 1 aliphatic rings. The molecular formula is C11H14N2O4. The highest BCUT2D eigenvalue weighted by Gasteiger charge is 2.48. The number of hydrogen-bond acceptors (Lipinski definition) is 4. The van der Waals surface area contributed by atoms with Crippen LogP contribution < -0.4 is 0 Å². The topological polar surface area (TPSA) is 89.0 Å². The molecule has 1 rings (SSSR count). The first-order valence-corrected chi connectivity index (χ1v) is 5.08. The first-order chi connectivity index (χ1) is 7.82. The quantitative estimate of drug-likeness (QED) is 0.235. The van der Waals surface area contributed by atoms with Gasteiger partial charge in [0.05, 0.1) is 0 Å². The molecule has 0 aromatic rings. The van der Waals surface area contributed by atoms with E-state index >= 15 is 0 Å². The monoisotopic (exact) mass is 238 g/mol. The fourth-order valence-electron chi connectivity index (χ4n) is 1.59. The number of carbonyl (C=O) groups is 2. The molecule has 2 atom stereocenters. The number of hydrogen-bond donors (Lipinski definition) is 0. The predicted molar refractivity (Wildman–Crippen MR) is 58.3 cm³/mol. The number of rotatable bonds is 4. The molecule has 0 unspecified atom stereocenters. The van der Waals surface area contributed by atoms with Crippen LogP contribution in [0.1, 0.15) is 20.8 Å². The molecule has 1 aliphatic heterocycles. The van der Waals surface area contributed by atoms with Crippen LogP contribution in [0.3, 0.4) is 0 Å². The highest BCUT2D eigenvalue weighted by molar-refractivity contribution is 6.64. The summed E-state index contributed by atoms with van der Waals surface area (Å²) in [6, 6.07) is 0. The minimum atomic E-state index is -1.02. The number of ether oxygens (including phenoxy) is 2. The molecule has 0 aliphatic carbocycles. The van der Waals surface area contributed by atoms with Crippen molar-refractivity contribution < 1.29 is 23.9 Å². The van der Waals surface area contributed by atoms with Crippen LogP contribution in [-0.4, -0.2) is 40.1 Å². The second-order valence-corrected chi connectivity index (χ2v) is 4.13. The van der Waals surface area contributed by atoms with E-state index in [0.717, 1.165) is 6.92 Å². The molecule has 17 heavy (non-hydrogen) atoms. The number of nitrogens with zero attached hydrogens (tertiary/aromatic N) is 2. The van der Waals surface area contributed by atoms with Gasteiger partial charge in [-0.3, -0.25) is 9.59 Å². The summed E-state index contributed by atoms with van der Waals surface area (Å²) in [5.41, 5.74) is 8.09. The fourth-order valence-corrected chi connectivity index (χ4v) is 1.59. The van der Waals surface area contributed by atoms with Crippen LogP contribution in [0, 0.1) is 0 Å². The van der Waals surface area contributed by atoms with Gasteiger partial charge in [0.1, 0.15) is 6.10 Å². The first-order valence-electron chi connectivity index (χ1n) is 5.08. The van der Waals surface area contributed by atoms with Gasteiger partial charge in [0.25, 0.3) is 5.78 Å². The molecule has 1 heterocycles. The molecule has 0 aromatic carbocycles. The van der Waals surface area contributed by atoms with E-state index < -0.39 is 35.3 Å². The van der Waals surface area contributed by atoms with Gasteiger partial charge in [-0.1, -0.05) is 6.08 Å². The molecule has 6 heteroatoms. The van der Waals surface area contributed by atoms with Gasteiger partial charge < -0.3 is 15.0 Å². The average molecular weight is 238 g/mol. The summed E-state index contributed by atoms with van der Waals surface area (Å²) in [7, 11) is 0. The third-order valence-electron chi connectivity index (χ3n) is 2.29. The molecule has 0 N–H and O–H groups in total. The van der Waals surface area contributed by atoms with Gasteiger partial charge in [0.15, 0.2) is 11.9 Å². The zero-order chi connectivity index (χ0) is 13.2. The van der Waals surface area contributed by atoms with Crippen molar-refractivity contribution in [3.63, 3.8) is 0 Å². The lowest BCUT2D eigenvalue weighted by molar-refractivity contribution is -0.152. The molecule has 1 fully saturated rings. The van der Waals surface area contributed by atoms with Crippen molar-refractivity contribution in [2.75, 3.05) is 0 Å². The highest BCUT2D eigenvalue weighted by Crippen LogP contribution is 2.29. The number of Topliss-reactive ketones (excluding diaryl/α,β-unsaturated/α-hetero) is 2. The molecule has 92 valence electrons. The Kier molecular flexibility index (Phi) is 3.72. The second kappa shape index (κ2) is 4.71. The highest BCUT2D eigenvalue weighted by atomic mass is 16.8. The minimum absolute atomic E-state index is 0.553. The fraction of sp³-hybridized carbons (Fsp3) is 0.545. The summed E-state index contributed by atoms with van der Waals surface area (Å²) in [6.45, 7) is 7.94. The molecule has 0 spiro atoms. The maximum atomic E-state index is 11.9. The summed E-state index contributed by atoms with van der Waals surface area (Å²) in [6.07, 6.45) is -0.280. The SMILES string of the molecule is C=C[C@@H]1OC(C)(C)O[C@@H]1C(=O)C(=[N+]=[N-])C(C)=O. The van der Waals surface area contributed by atoms with Gasteiger partial charge in [0.2, 0.25) is 5.78 Å². The van der Waals surface area contributed by atoms with Crippen LogP contribution >= 0.6 is 0 Å². The second-order valence-electron chi connectivity index (χ2n) is 4.13. The van der Waals surface area contributed by atoms with E-state index in [1.165, 1.54) is 6.08 Å². The number of carbonyl (C=O) groups excluding carboxylic acids is 2. The van der Waals surface area contributed by atoms with Crippen molar-refractivity contribution in [3.05, 3.63) is 18.2 Å². The van der Waals surface area contributed by atoms with Gasteiger partial charge in [0, 0.05) is 6.92 Å². The zero-order valence-corrected chi connectivity index (χ0v) is 9.97. The number of ketones is 2. The van der Waals surface area contributed by atoms with Gasteiger partial charge in [-0.25, -0.2) is 0 Å². The normalized spacial score (nSPS) is 26.1.